The first-order valence-corrected chi connectivity index (χ1v) is 8.34. The number of nitrogens with zero attached hydrogens (tertiary/aromatic N) is 1. The van der Waals surface area contributed by atoms with Gasteiger partial charge in [-0.05, 0) is 42.5 Å². The molecular weight excluding hydrogens is 315 g/mol. The Morgan fingerprint density at radius 1 is 1.35 bits per heavy atom. The second kappa shape index (κ2) is 6.50. The molecule has 1 aromatic heterocycles. The molecule has 1 atom stereocenters. The smallest absolute Gasteiger partial charge is 0.254 e. The van der Waals surface area contributed by atoms with E-state index in [1.54, 1.807) is 22.3 Å². The van der Waals surface area contributed by atoms with E-state index < -0.39 is 11.7 Å². The molecule has 0 fully saturated rings. The summed E-state index contributed by atoms with van der Waals surface area (Å²) in [6.07, 6.45) is 0.838. The van der Waals surface area contributed by atoms with Gasteiger partial charge in [-0.1, -0.05) is 12.1 Å². The van der Waals surface area contributed by atoms with Gasteiger partial charge >= 0.3 is 0 Å². The van der Waals surface area contributed by atoms with Crippen molar-refractivity contribution in [1.29, 1.82) is 0 Å². The third-order valence-electron chi connectivity index (χ3n) is 4.12. The van der Waals surface area contributed by atoms with E-state index in [-0.39, 0.29) is 24.1 Å². The SMILES string of the molecule is C[C@@H]1c2ccsc2CCN1C(=O)CNC(=O)c1ccccc1F. The Morgan fingerprint density at radius 3 is 2.91 bits per heavy atom. The summed E-state index contributed by atoms with van der Waals surface area (Å²) in [7, 11) is 0. The summed E-state index contributed by atoms with van der Waals surface area (Å²) in [5.74, 6) is -1.32. The van der Waals surface area contributed by atoms with E-state index in [9.17, 15) is 14.0 Å². The molecule has 0 spiro atoms. The molecule has 2 heterocycles. The average Bonchev–Trinajstić information content (AvgIpc) is 3.02. The van der Waals surface area contributed by atoms with Gasteiger partial charge in [-0.15, -0.1) is 11.3 Å². The molecule has 0 unspecified atom stereocenters. The monoisotopic (exact) mass is 332 g/mol. The minimum absolute atomic E-state index is 0.00265. The van der Waals surface area contributed by atoms with Crippen molar-refractivity contribution < 1.29 is 14.0 Å². The molecule has 1 N–H and O–H groups in total. The average molecular weight is 332 g/mol. The summed E-state index contributed by atoms with van der Waals surface area (Å²) in [4.78, 5) is 27.4. The number of amides is 2. The van der Waals surface area contributed by atoms with Crippen LogP contribution in [0.1, 0.15) is 33.8 Å². The van der Waals surface area contributed by atoms with Gasteiger partial charge in [0.1, 0.15) is 5.82 Å². The second-order valence-corrected chi connectivity index (χ2v) is 6.48. The van der Waals surface area contributed by atoms with Crippen LogP contribution in [0.15, 0.2) is 35.7 Å². The molecule has 2 aromatic rings. The van der Waals surface area contributed by atoms with Crippen LogP contribution in [0.4, 0.5) is 4.39 Å². The summed E-state index contributed by atoms with van der Waals surface area (Å²) in [5.41, 5.74) is 1.13. The lowest BCUT2D eigenvalue weighted by Gasteiger charge is -2.33. The Morgan fingerprint density at radius 2 is 2.13 bits per heavy atom. The van der Waals surface area contributed by atoms with Gasteiger partial charge in [0.15, 0.2) is 0 Å². The zero-order valence-corrected chi connectivity index (χ0v) is 13.5. The summed E-state index contributed by atoms with van der Waals surface area (Å²) in [6, 6.07) is 7.78. The molecular formula is C17H17FN2O2S. The topological polar surface area (TPSA) is 49.4 Å². The third kappa shape index (κ3) is 3.12. The molecule has 2 amide bonds. The number of rotatable bonds is 3. The molecule has 4 nitrogen and oxygen atoms in total. The number of halogens is 1. The molecule has 6 heteroatoms. The number of carbonyl (C=O) groups excluding carboxylic acids is 2. The molecule has 0 bridgehead atoms. The van der Waals surface area contributed by atoms with Crippen LogP contribution in [0.3, 0.4) is 0 Å². The fraction of sp³-hybridized carbons (Fsp3) is 0.294. The van der Waals surface area contributed by atoms with Gasteiger partial charge in [-0.2, -0.15) is 0 Å². The number of benzene rings is 1. The first-order chi connectivity index (χ1) is 11.1. The van der Waals surface area contributed by atoms with E-state index in [0.29, 0.717) is 6.54 Å². The van der Waals surface area contributed by atoms with E-state index in [0.717, 1.165) is 6.42 Å². The van der Waals surface area contributed by atoms with Crippen LogP contribution in [-0.4, -0.2) is 29.8 Å². The molecule has 1 aliphatic heterocycles. The van der Waals surface area contributed by atoms with Crippen LogP contribution < -0.4 is 5.32 Å². The van der Waals surface area contributed by atoms with Gasteiger partial charge in [-0.3, -0.25) is 9.59 Å². The maximum absolute atomic E-state index is 13.6. The summed E-state index contributed by atoms with van der Waals surface area (Å²) in [6.45, 7) is 2.50. The molecule has 3 rings (SSSR count). The summed E-state index contributed by atoms with van der Waals surface area (Å²) in [5, 5.41) is 4.54. The Hall–Kier alpha value is -2.21. The maximum atomic E-state index is 13.6. The molecule has 0 saturated heterocycles. The molecule has 0 saturated carbocycles. The second-order valence-electron chi connectivity index (χ2n) is 5.47. The lowest BCUT2D eigenvalue weighted by molar-refractivity contribution is -0.132. The largest absolute Gasteiger partial charge is 0.343 e. The van der Waals surface area contributed by atoms with Crippen LogP contribution in [0.25, 0.3) is 0 Å². The predicted molar refractivity (Wildman–Crippen MR) is 86.9 cm³/mol. The van der Waals surface area contributed by atoms with Gasteiger partial charge in [0.25, 0.3) is 5.91 Å². The number of carbonyl (C=O) groups is 2. The number of hydrogen-bond acceptors (Lipinski definition) is 3. The predicted octanol–water partition coefficient (Wildman–Crippen LogP) is 2.76. The highest BCUT2D eigenvalue weighted by Gasteiger charge is 2.28. The lowest BCUT2D eigenvalue weighted by Crippen LogP contribution is -2.44. The van der Waals surface area contributed by atoms with Gasteiger partial charge < -0.3 is 10.2 Å². The van der Waals surface area contributed by atoms with Crippen LogP contribution in [0, 0.1) is 5.82 Å². The van der Waals surface area contributed by atoms with E-state index >= 15 is 0 Å². The van der Waals surface area contributed by atoms with E-state index in [1.807, 2.05) is 18.4 Å². The maximum Gasteiger partial charge on any atom is 0.254 e. The fourth-order valence-corrected chi connectivity index (χ4v) is 3.81. The highest BCUT2D eigenvalue weighted by atomic mass is 32.1. The minimum atomic E-state index is -0.591. The van der Waals surface area contributed by atoms with Gasteiger partial charge in [0.2, 0.25) is 5.91 Å². The first kappa shape index (κ1) is 15.7. The standard InChI is InChI=1S/C17H17FN2O2S/c1-11-12-7-9-23-15(12)6-8-20(11)16(21)10-19-17(22)13-4-2-3-5-14(13)18/h2-5,7,9,11H,6,8,10H2,1H3,(H,19,22)/t11-/m1/s1. The van der Waals surface area contributed by atoms with Crippen molar-refractivity contribution in [2.45, 2.75) is 19.4 Å². The number of nitrogens with one attached hydrogen (secondary N) is 1. The van der Waals surface area contributed by atoms with Crippen LogP contribution >= 0.6 is 11.3 Å². The molecule has 120 valence electrons. The third-order valence-corrected chi connectivity index (χ3v) is 5.11. The lowest BCUT2D eigenvalue weighted by atomic mass is 10.0. The highest BCUT2D eigenvalue weighted by Crippen LogP contribution is 2.32. The summed E-state index contributed by atoms with van der Waals surface area (Å²) < 4.78 is 13.6. The highest BCUT2D eigenvalue weighted by molar-refractivity contribution is 7.10. The van der Waals surface area contributed by atoms with Crippen molar-refractivity contribution in [2.75, 3.05) is 13.1 Å². The Balaban J connectivity index is 1.62. The van der Waals surface area contributed by atoms with Crippen molar-refractivity contribution in [2.24, 2.45) is 0 Å². The number of fused-ring (bicyclic) bond motifs is 1. The van der Waals surface area contributed by atoms with Crippen LogP contribution in [0.5, 0.6) is 0 Å². The Labute approximate surface area is 137 Å². The van der Waals surface area contributed by atoms with Crippen molar-refractivity contribution in [3.63, 3.8) is 0 Å². The molecule has 1 aliphatic rings. The van der Waals surface area contributed by atoms with Crippen molar-refractivity contribution in [1.82, 2.24) is 10.2 Å². The first-order valence-electron chi connectivity index (χ1n) is 7.46. The fourth-order valence-electron chi connectivity index (χ4n) is 2.85. The molecule has 23 heavy (non-hydrogen) atoms. The van der Waals surface area contributed by atoms with E-state index in [1.165, 1.54) is 28.6 Å². The number of hydrogen-bond donors (Lipinski definition) is 1. The van der Waals surface area contributed by atoms with Crippen molar-refractivity contribution in [3.8, 4) is 0 Å². The zero-order chi connectivity index (χ0) is 16.4. The van der Waals surface area contributed by atoms with Gasteiger partial charge in [0.05, 0.1) is 18.2 Å². The van der Waals surface area contributed by atoms with Crippen LogP contribution in [-0.2, 0) is 11.2 Å². The Kier molecular flexibility index (Phi) is 4.43. The normalized spacial score (nSPS) is 16.8. The van der Waals surface area contributed by atoms with Crippen molar-refractivity contribution in [3.05, 3.63) is 57.5 Å². The van der Waals surface area contributed by atoms with Gasteiger partial charge in [0, 0.05) is 11.4 Å². The quantitative estimate of drug-likeness (QED) is 0.939. The van der Waals surface area contributed by atoms with E-state index in [4.69, 9.17) is 0 Å². The minimum Gasteiger partial charge on any atom is -0.343 e. The summed E-state index contributed by atoms with van der Waals surface area (Å²) >= 11 is 1.71. The van der Waals surface area contributed by atoms with Crippen LogP contribution in [0.2, 0.25) is 0 Å². The molecule has 1 aromatic carbocycles. The molecule has 0 radical (unpaired) electrons. The number of thiophene rings is 1. The Bertz CT molecular complexity index is 744. The van der Waals surface area contributed by atoms with Gasteiger partial charge in [-0.25, -0.2) is 4.39 Å². The zero-order valence-electron chi connectivity index (χ0n) is 12.7. The van der Waals surface area contributed by atoms with E-state index in [2.05, 4.69) is 5.32 Å². The molecule has 0 aliphatic carbocycles. The van der Waals surface area contributed by atoms with Crippen molar-refractivity contribution >= 4 is 23.2 Å².